The summed E-state index contributed by atoms with van der Waals surface area (Å²) in [7, 11) is 0. The molecule has 6 heteroatoms. The van der Waals surface area contributed by atoms with E-state index in [-0.39, 0.29) is 5.91 Å². The molecule has 0 radical (unpaired) electrons. The maximum atomic E-state index is 12.3. The molecule has 5 nitrogen and oxygen atoms in total. The van der Waals surface area contributed by atoms with Crippen LogP contribution in [0.15, 0.2) is 65.8 Å². The molecular weight excluding hydrogens is 356 g/mol. The highest BCUT2D eigenvalue weighted by Gasteiger charge is 2.19. The predicted molar refractivity (Wildman–Crippen MR) is 107 cm³/mol. The van der Waals surface area contributed by atoms with Crippen molar-refractivity contribution in [3.05, 3.63) is 60.7 Å². The van der Waals surface area contributed by atoms with Crippen molar-refractivity contribution in [3.8, 4) is 22.5 Å². The SMILES string of the molecule is O=C(CSc1nnc(-c2ccccc2)c(-c2ccccc2)n1)N1CCCC1. The molecule has 0 atom stereocenters. The molecule has 1 saturated heterocycles. The molecule has 0 unspecified atom stereocenters. The lowest BCUT2D eigenvalue weighted by molar-refractivity contribution is -0.127. The molecule has 0 saturated carbocycles. The van der Waals surface area contributed by atoms with Crippen molar-refractivity contribution in [2.24, 2.45) is 0 Å². The summed E-state index contributed by atoms with van der Waals surface area (Å²) in [5.74, 6) is 0.495. The second kappa shape index (κ2) is 8.31. The zero-order valence-electron chi connectivity index (χ0n) is 14.9. The van der Waals surface area contributed by atoms with Gasteiger partial charge in [-0.3, -0.25) is 4.79 Å². The second-order valence-electron chi connectivity index (χ2n) is 6.40. The standard InChI is InChI=1S/C21H20N4OS/c26-18(25-13-7-8-14-25)15-27-21-22-19(16-9-3-1-4-10-16)20(23-24-21)17-11-5-2-6-12-17/h1-6,9-12H,7-8,13-15H2. The molecule has 2 aromatic carbocycles. The number of thioether (sulfide) groups is 1. The number of benzene rings is 2. The number of hydrogen-bond acceptors (Lipinski definition) is 5. The van der Waals surface area contributed by atoms with E-state index in [0.717, 1.165) is 48.4 Å². The fourth-order valence-electron chi connectivity index (χ4n) is 3.14. The van der Waals surface area contributed by atoms with Crippen molar-refractivity contribution in [2.45, 2.75) is 18.0 Å². The number of hydrogen-bond donors (Lipinski definition) is 0. The smallest absolute Gasteiger partial charge is 0.233 e. The molecule has 1 aromatic heterocycles. The number of aromatic nitrogens is 3. The Labute approximate surface area is 162 Å². The van der Waals surface area contributed by atoms with Crippen molar-refractivity contribution < 1.29 is 4.79 Å². The van der Waals surface area contributed by atoms with Crippen LogP contribution in [0.4, 0.5) is 0 Å². The van der Waals surface area contributed by atoms with E-state index in [2.05, 4.69) is 10.2 Å². The fourth-order valence-corrected chi connectivity index (χ4v) is 3.83. The van der Waals surface area contributed by atoms with E-state index < -0.39 is 0 Å². The van der Waals surface area contributed by atoms with Gasteiger partial charge >= 0.3 is 0 Å². The van der Waals surface area contributed by atoms with Crippen LogP contribution >= 0.6 is 11.8 Å². The first kappa shape index (κ1) is 17.7. The number of amides is 1. The summed E-state index contributed by atoms with van der Waals surface area (Å²) in [5, 5.41) is 9.24. The molecule has 4 rings (SSSR count). The van der Waals surface area contributed by atoms with Gasteiger partial charge < -0.3 is 4.90 Å². The third-order valence-corrected chi connectivity index (χ3v) is 5.37. The van der Waals surface area contributed by atoms with Crippen LogP contribution in [0.2, 0.25) is 0 Å². The van der Waals surface area contributed by atoms with Crippen LogP contribution in [0.25, 0.3) is 22.5 Å². The van der Waals surface area contributed by atoms with E-state index in [0.29, 0.717) is 10.9 Å². The quantitative estimate of drug-likeness (QED) is 0.632. The Kier molecular flexibility index (Phi) is 5.44. The Balaban J connectivity index is 1.62. The summed E-state index contributed by atoms with van der Waals surface area (Å²) >= 11 is 1.35. The molecule has 1 amide bonds. The van der Waals surface area contributed by atoms with Gasteiger partial charge in [0.25, 0.3) is 0 Å². The van der Waals surface area contributed by atoms with Crippen molar-refractivity contribution in [1.29, 1.82) is 0 Å². The number of likely N-dealkylation sites (tertiary alicyclic amines) is 1. The van der Waals surface area contributed by atoms with Gasteiger partial charge in [0.05, 0.1) is 5.75 Å². The van der Waals surface area contributed by atoms with Gasteiger partial charge in [-0.1, -0.05) is 72.4 Å². The molecule has 0 bridgehead atoms. The van der Waals surface area contributed by atoms with Crippen LogP contribution in [0.5, 0.6) is 0 Å². The molecule has 2 heterocycles. The summed E-state index contributed by atoms with van der Waals surface area (Å²) in [6.07, 6.45) is 2.19. The Hall–Kier alpha value is -2.73. The average Bonchev–Trinajstić information content (AvgIpc) is 3.28. The summed E-state index contributed by atoms with van der Waals surface area (Å²) in [5.41, 5.74) is 3.49. The van der Waals surface area contributed by atoms with Gasteiger partial charge in [-0.2, -0.15) is 0 Å². The summed E-state index contributed by atoms with van der Waals surface area (Å²) < 4.78 is 0. The highest BCUT2D eigenvalue weighted by molar-refractivity contribution is 7.99. The summed E-state index contributed by atoms with van der Waals surface area (Å²) in [4.78, 5) is 18.9. The summed E-state index contributed by atoms with van der Waals surface area (Å²) in [6.45, 7) is 1.72. The maximum Gasteiger partial charge on any atom is 0.233 e. The van der Waals surface area contributed by atoms with Gasteiger partial charge in [-0.15, -0.1) is 10.2 Å². The van der Waals surface area contributed by atoms with Gasteiger partial charge in [-0.05, 0) is 12.8 Å². The maximum absolute atomic E-state index is 12.3. The molecule has 3 aromatic rings. The van der Waals surface area contributed by atoms with Gasteiger partial charge in [0.1, 0.15) is 11.4 Å². The van der Waals surface area contributed by atoms with Crippen LogP contribution in [0, 0.1) is 0 Å². The van der Waals surface area contributed by atoms with Crippen molar-refractivity contribution in [3.63, 3.8) is 0 Å². The van der Waals surface area contributed by atoms with Crippen molar-refractivity contribution >= 4 is 17.7 Å². The second-order valence-corrected chi connectivity index (χ2v) is 7.34. The average molecular weight is 376 g/mol. The lowest BCUT2D eigenvalue weighted by Crippen LogP contribution is -2.29. The molecule has 0 aliphatic carbocycles. The van der Waals surface area contributed by atoms with Crippen LogP contribution < -0.4 is 0 Å². The minimum atomic E-state index is 0.148. The molecule has 1 aliphatic rings. The lowest BCUT2D eigenvalue weighted by Gasteiger charge is -2.14. The van der Waals surface area contributed by atoms with E-state index in [1.807, 2.05) is 65.6 Å². The number of rotatable bonds is 5. The normalized spacial score (nSPS) is 13.7. The van der Waals surface area contributed by atoms with E-state index in [4.69, 9.17) is 4.98 Å². The summed E-state index contributed by atoms with van der Waals surface area (Å²) in [6, 6.07) is 19.9. The van der Waals surface area contributed by atoms with E-state index in [9.17, 15) is 4.79 Å². The molecule has 27 heavy (non-hydrogen) atoms. The molecular formula is C21H20N4OS. The van der Waals surface area contributed by atoms with Gasteiger partial charge in [0.2, 0.25) is 11.1 Å². The van der Waals surface area contributed by atoms with E-state index in [1.165, 1.54) is 11.8 Å². The van der Waals surface area contributed by atoms with Crippen LogP contribution in [0.3, 0.4) is 0 Å². The van der Waals surface area contributed by atoms with Crippen LogP contribution in [0.1, 0.15) is 12.8 Å². The topological polar surface area (TPSA) is 59.0 Å². The first-order valence-electron chi connectivity index (χ1n) is 9.07. The van der Waals surface area contributed by atoms with E-state index in [1.54, 1.807) is 0 Å². The van der Waals surface area contributed by atoms with Gasteiger partial charge in [0.15, 0.2) is 0 Å². The minimum absolute atomic E-state index is 0.148. The highest BCUT2D eigenvalue weighted by Crippen LogP contribution is 2.29. The third kappa shape index (κ3) is 4.17. The first-order valence-corrected chi connectivity index (χ1v) is 10.1. The molecule has 0 spiro atoms. The van der Waals surface area contributed by atoms with E-state index >= 15 is 0 Å². The first-order chi connectivity index (χ1) is 13.3. The van der Waals surface area contributed by atoms with Crippen molar-refractivity contribution in [1.82, 2.24) is 20.1 Å². The van der Waals surface area contributed by atoms with Crippen LogP contribution in [-0.4, -0.2) is 44.8 Å². The van der Waals surface area contributed by atoms with Crippen LogP contribution in [-0.2, 0) is 4.79 Å². The zero-order chi connectivity index (χ0) is 18.5. The molecule has 0 N–H and O–H groups in total. The highest BCUT2D eigenvalue weighted by atomic mass is 32.2. The fraction of sp³-hybridized carbons (Fsp3) is 0.238. The molecule has 136 valence electrons. The zero-order valence-corrected chi connectivity index (χ0v) is 15.7. The van der Waals surface area contributed by atoms with Gasteiger partial charge in [-0.25, -0.2) is 4.98 Å². The Bertz CT molecular complexity index is 912. The molecule has 1 aliphatic heterocycles. The predicted octanol–water partition coefficient (Wildman–Crippen LogP) is 3.92. The monoisotopic (exact) mass is 376 g/mol. The third-order valence-electron chi connectivity index (χ3n) is 4.55. The minimum Gasteiger partial charge on any atom is -0.342 e. The number of carbonyl (C=O) groups excluding carboxylic acids is 1. The number of nitrogens with zero attached hydrogens (tertiary/aromatic N) is 4. The van der Waals surface area contributed by atoms with Crippen molar-refractivity contribution in [2.75, 3.05) is 18.8 Å². The Morgan fingerprint density at radius 2 is 1.44 bits per heavy atom. The molecule has 1 fully saturated rings. The largest absolute Gasteiger partial charge is 0.342 e. The number of carbonyl (C=O) groups is 1. The Morgan fingerprint density at radius 3 is 2.07 bits per heavy atom. The Morgan fingerprint density at radius 1 is 0.852 bits per heavy atom. The lowest BCUT2D eigenvalue weighted by atomic mass is 10.0. The van der Waals surface area contributed by atoms with Gasteiger partial charge in [0, 0.05) is 24.2 Å².